The first kappa shape index (κ1) is 10.3. The molecule has 0 unspecified atom stereocenters. The van der Waals surface area contributed by atoms with Gasteiger partial charge in [0.25, 0.3) is 0 Å². The molecule has 0 atom stereocenters. The summed E-state index contributed by atoms with van der Waals surface area (Å²) in [5.41, 5.74) is 5.81. The van der Waals surface area contributed by atoms with Crippen LogP contribution in [0.3, 0.4) is 0 Å². The molecule has 0 aliphatic carbocycles. The average Bonchev–Trinajstić information content (AvgIpc) is 2.12. The minimum Gasteiger partial charge on any atom is -0.506 e. The van der Waals surface area contributed by atoms with Crippen LogP contribution in [0.1, 0.15) is 10.4 Å². The number of hydrogen-bond donors (Lipinski definition) is 2. The summed E-state index contributed by atoms with van der Waals surface area (Å²) in [5, 5.41) is 9.65. The molecule has 5 heteroatoms. The largest absolute Gasteiger partial charge is 0.506 e. The maximum atomic E-state index is 11.3. The van der Waals surface area contributed by atoms with Crippen molar-refractivity contribution < 1.29 is 9.90 Å². The maximum Gasteiger partial charge on any atom is 0.179 e. The second-order valence-corrected chi connectivity index (χ2v) is 3.38. The Morgan fingerprint density at radius 1 is 1.62 bits per heavy atom. The summed E-state index contributed by atoms with van der Waals surface area (Å²) < 4.78 is 0. The number of nitrogens with two attached hydrogens (primary N) is 1. The molecule has 0 aliphatic heterocycles. The van der Waals surface area contributed by atoms with Crippen molar-refractivity contribution in [1.29, 1.82) is 0 Å². The van der Waals surface area contributed by atoms with Crippen molar-refractivity contribution in [1.82, 2.24) is 0 Å². The van der Waals surface area contributed by atoms with Crippen LogP contribution >= 0.6 is 27.5 Å². The highest BCUT2D eigenvalue weighted by molar-refractivity contribution is 9.09. The molecule has 13 heavy (non-hydrogen) atoms. The fraction of sp³-hybridized carbons (Fsp3) is 0.125. The summed E-state index contributed by atoms with van der Waals surface area (Å²) in [4.78, 5) is 11.3. The molecule has 0 aliphatic rings. The molecular formula is C8H7BrClNO2. The number of benzene rings is 1. The number of Topliss-reactive ketones (excluding diaryl/α,β-unsaturated/α-hetero) is 1. The molecule has 0 spiro atoms. The molecule has 1 aromatic rings. The summed E-state index contributed by atoms with van der Waals surface area (Å²) in [6.45, 7) is 0. The van der Waals surface area contributed by atoms with E-state index in [9.17, 15) is 9.90 Å². The first-order valence-corrected chi connectivity index (χ1v) is 4.94. The van der Waals surface area contributed by atoms with Crippen LogP contribution < -0.4 is 5.73 Å². The molecule has 0 saturated carbocycles. The van der Waals surface area contributed by atoms with Gasteiger partial charge in [-0.3, -0.25) is 4.79 Å². The minimum atomic E-state index is -0.294. The lowest BCUT2D eigenvalue weighted by atomic mass is 10.1. The van der Waals surface area contributed by atoms with Gasteiger partial charge in [-0.2, -0.15) is 0 Å². The maximum absolute atomic E-state index is 11.3. The first-order chi connectivity index (χ1) is 6.07. The van der Waals surface area contributed by atoms with Crippen molar-refractivity contribution in [3.8, 4) is 5.75 Å². The molecule has 1 aromatic carbocycles. The van der Waals surface area contributed by atoms with E-state index >= 15 is 0 Å². The normalized spacial score (nSPS) is 10.0. The van der Waals surface area contributed by atoms with E-state index in [1.54, 1.807) is 0 Å². The number of phenolic OH excluding ortho intramolecular Hbond substituents is 1. The molecule has 1 rings (SSSR count). The van der Waals surface area contributed by atoms with E-state index < -0.39 is 0 Å². The van der Waals surface area contributed by atoms with Gasteiger partial charge >= 0.3 is 0 Å². The number of aromatic hydroxyl groups is 1. The van der Waals surface area contributed by atoms with Crippen LogP contribution in [0.15, 0.2) is 12.1 Å². The molecule has 3 nitrogen and oxygen atoms in total. The zero-order valence-corrected chi connectivity index (χ0v) is 8.89. The summed E-state index contributed by atoms with van der Waals surface area (Å²) in [6, 6.07) is 2.93. The molecule has 0 bridgehead atoms. The molecule has 3 N–H and O–H groups in total. The first-order valence-electron chi connectivity index (χ1n) is 3.44. The van der Waals surface area contributed by atoms with Crippen molar-refractivity contribution in [2.45, 2.75) is 0 Å². The SMILES string of the molecule is Nc1ccc(Cl)c(O)c1C(=O)CBr. The lowest BCUT2D eigenvalue weighted by molar-refractivity contribution is 0.102. The van der Waals surface area contributed by atoms with E-state index in [1.165, 1.54) is 12.1 Å². The van der Waals surface area contributed by atoms with Crippen LogP contribution in [0.25, 0.3) is 0 Å². The quantitative estimate of drug-likeness (QED) is 0.489. The molecule has 0 saturated heterocycles. The smallest absolute Gasteiger partial charge is 0.179 e. The summed E-state index contributed by atoms with van der Waals surface area (Å²) in [6.07, 6.45) is 0. The Balaban J connectivity index is 3.33. The zero-order valence-electron chi connectivity index (χ0n) is 6.55. The van der Waals surface area contributed by atoms with Crippen LogP contribution in [-0.4, -0.2) is 16.2 Å². The van der Waals surface area contributed by atoms with Gasteiger partial charge in [0, 0.05) is 5.69 Å². The average molecular weight is 265 g/mol. The van der Waals surface area contributed by atoms with E-state index in [2.05, 4.69) is 15.9 Å². The third-order valence-electron chi connectivity index (χ3n) is 1.56. The number of halogens is 2. The second kappa shape index (κ2) is 3.98. The predicted octanol–water partition coefficient (Wildman–Crippen LogP) is 2.21. The van der Waals surface area contributed by atoms with E-state index in [-0.39, 0.29) is 33.1 Å². The van der Waals surface area contributed by atoms with Gasteiger partial charge in [0.15, 0.2) is 5.78 Å². The van der Waals surface area contributed by atoms with E-state index in [4.69, 9.17) is 17.3 Å². The third kappa shape index (κ3) is 1.95. The molecule has 0 radical (unpaired) electrons. The highest BCUT2D eigenvalue weighted by atomic mass is 79.9. The van der Waals surface area contributed by atoms with E-state index in [0.717, 1.165) is 0 Å². The third-order valence-corrected chi connectivity index (χ3v) is 2.38. The highest BCUT2D eigenvalue weighted by Crippen LogP contribution is 2.31. The summed E-state index contributed by atoms with van der Waals surface area (Å²) in [5.74, 6) is -0.552. The van der Waals surface area contributed by atoms with Crippen molar-refractivity contribution in [3.63, 3.8) is 0 Å². The Kier molecular flexibility index (Phi) is 3.17. The number of alkyl halides is 1. The monoisotopic (exact) mass is 263 g/mol. The van der Waals surface area contributed by atoms with Crippen molar-refractivity contribution in [2.75, 3.05) is 11.1 Å². The van der Waals surface area contributed by atoms with Crippen molar-refractivity contribution >= 4 is 39.0 Å². The number of anilines is 1. The van der Waals surface area contributed by atoms with Crippen molar-refractivity contribution in [3.05, 3.63) is 22.7 Å². The number of carbonyl (C=O) groups is 1. The number of phenols is 1. The van der Waals surface area contributed by atoms with Crippen LogP contribution in [-0.2, 0) is 0 Å². The zero-order chi connectivity index (χ0) is 10.0. The lowest BCUT2D eigenvalue weighted by Gasteiger charge is -2.06. The Bertz CT molecular complexity index is 354. The highest BCUT2D eigenvalue weighted by Gasteiger charge is 2.15. The molecule has 0 heterocycles. The molecular weight excluding hydrogens is 257 g/mol. The summed E-state index contributed by atoms with van der Waals surface area (Å²) in [7, 11) is 0. The fourth-order valence-corrected chi connectivity index (χ4v) is 1.38. The number of ketones is 1. The molecule has 0 amide bonds. The lowest BCUT2D eigenvalue weighted by Crippen LogP contribution is -2.05. The van der Waals surface area contributed by atoms with Gasteiger partial charge in [-0.1, -0.05) is 27.5 Å². The van der Waals surface area contributed by atoms with Gasteiger partial charge in [-0.25, -0.2) is 0 Å². The predicted molar refractivity (Wildman–Crippen MR) is 55.7 cm³/mol. The Morgan fingerprint density at radius 2 is 2.23 bits per heavy atom. The van der Waals surface area contributed by atoms with Crippen LogP contribution in [0.5, 0.6) is 5.75 Å². The number of rotatable bonds is 2. The van der Waals surface area contributed by atoms with E-state index in [0.29, 0.717) is 0 Å². The molecule has 70 valence electrons. The van der Waals surface area contributed by atoms with Crippen molar-refractivity contribution in [2.24, 2.45) is 0 Å². The standard InChI is InChI=1S/C8H7BrClNO2/c9-3-6(12)7-5(11)2-1-4(10)8(7)13/h1-2,13H,3,11H2. The van der Waals surface area contributed by atoms with Gasteiger partial charge in [0.2, 0.25) is 0 Å². The minimum absolute atomic E-state index is 0.0735. The topological polar surface area (TPSA) is 63.3 Å². The van der Waals surface area contributed by atoms with Crippen LogP contribution in [0, 0.1) is 0 Å². The van der Waals surface area contributed by atoms with E-state index in [1.807, 2.05) is 0 Å². The molecule has 0 aromatic heterocycles. The van der Waals surface area contributed by atoms with Gasteiger partial charge in [-0.15, -0.1) is 0 Å². The number of hydrogen-bond acceptors (Lipinski definition) is 3. The Labute approximate surface area is 88.6 Å². The van der Waals surface area contributed by atoms with Crippen LogP contribution in [0.2, 0.25) is 5.02 Å². The van der Waals surface area contributed by atoms with Gasteiger partial charge < -0.3 is 10.8 Å². The van der Waals surface area contributed by atoms with Gasteiger partial charge in [0.1, 0.15) is 5.75 Å². The van der Waals surface area contributed by atoms with Crippen LogP contribution in [0.4, 0.5) is 5.69 Å². The Hall–Kier alpha value is -0.740. The number of carbonyl (C=O) groups excluding carboxylic acids is 1. The fourth-order valence-electron chi connectivity index (χ4n) is 0.941. The molecule has 0 fully saturated rings. The number of nitrogen functional groups attached to an aromatic ring is 1. The van der Waals surface area contributed by atoms with Gasteiger partial charge in [0.05, 0.1) is 15.9 Å². The summed E-state index contributed by atoms with van der Waals surface area (Å²) >= 11 is 8.60. The Morgan fingerprint density at radius 3 is 2.77 bits per heavy atom. The second-order valence-electron chi connectivity index (χ2n) is 2.42. The van der Waals surface area contributed by atoms with Gasteiger partial charge in [-0.05, 0) is 12.1 Å².